The van der Waals surface area contributed by atoms with Crippen molar-refractivity contribution in [1.29, 1.82) is 0 Å². The third kappa shape index (κ3) is 5.03. The van der Waals surface area contributed by atoms with Crippen LogP contribution in [-0.2, 0) is 21.3 Å². The maximum absolute atomic E-state index is 11.9. The summed E-state index contributed by atoms with van der Waals surface area (Å²) in [6.07, 6.45) is 0.109. The number of rotatable bonds is 8. The molecule has 0 aromatic carbocycles. The van der Waals surface area contributed by atoms with E-state index < -0.39 is 10.0 Å². The second kappa shape index (κ2) is 7.20. The zero-order valence-electron chi connectivity index (χ0n) is 10.9. The fraction of sp³-hybridized carbons (Fsp3) is 0.636. The summed E-state index contributed by atoms with van der Waals surface area (Å²) < 4.78 is 31.6. The Balaban J connectivity index is 2.51. The van der Waals surface area contributed by atoms with E-state index in [0.29, 0.717) is 18.0 Å². The predicted octanol–water partition coefficient (Wildman–Crippen LogP) is 1.17. The van der Waals surface area contributed by atoms with Crippen LogP contribution in [-0.4, -0.2) is 34.7 Å². The topological polar surface area (TPSA) is 67.4 Å². The Morgan fingerprint density at radius 1 is 1.44 bits per heavy atom. The van der Waals surface area contributed by atoms with Gasteiger partial charge in [0.1, 0.15) is 0 Å². The second-order valence-electron chi connectivity index (χ2n) is 4.10. The lowest BCUT2D eigenvalue weighted by molar-refractivity contribution is 0.0834. The van der Waals surface area contributed by atoms with Crippen LogP contribution in [0, 0.1) is 0 Å². The molecular weight excluding hydrogens is 272 g/mol. The lowest BCUT2D eigenvalue weighted by Crippen LogP contribution is -2.28. The molecule has 0 aliphatic rings. The number of nitrogens with one attached hydrogen (secondary N) is 2. The Hall–Kier alpha value is -0.470. The van der Waals surface area contributed by atoms with Crippen LogP contribution in [0.15, 0.2) is 16.3 Å². The molecule has 18 heavy (non-hydrogen) atoms. The van der Waals surface area contributed by atoms with Gasteiger partial charge in [-0.05, 0) is 27.0 Å². The highest BCUT2D eigenvalue weighted by Crippen LogP contribution is 2.18. The van der Waals surface area contributed by atoms with Crippen LogP contribution >= 0.6 is 11.3 Å². The standard InChI is InChI=1S/C11H20N2O3S2/c1-9(2)16-5-4-13-18(14,15)11-6-10(7-12-3)17-8-11/h6,8-9,12-13H,4-5,7H2,1-3H3. The van der Waals surface area contributed by atoms with Crippen molar-refractivity contribution in [2.24, 2.45) is 0 Å². The molecule has 0 saturated carbocycles. The molecule has 0 aliphatic heterocycles. The third-order valence-electron chi connectivity index (χ3n) is 2.14. The number of hydrogen-bond acceptors (Lipinski definition) is 5. The number of thiophene rings is 1. The Kier molecular flexibility index (Phi) is 6.24. The van der Waals surface area contributed by atoms with E-state index in [0.717, 1.165) is 4.88 Å². The van der Waals surface area contributed by atoms with Crippen molar-refractivity contribution < 1.29 is 13.2 Å². The van der Waals surface area contributed by atoms with Gasteiger partial charge in [0, 0.05) is 23.3 Å². The second-order valence-corrected chi connectivity index (χ2v) is 6.86. The molecule has 5 nitrogen and oxygen atoms in total. The zero-order chi connectivity index (χ0) is 13.6. The van der Waals surface area contributed by atoms with Crippen molar-refractivity contribution in [3.63, 3.8) is 0 Å². The highest BCUT2D eigenvalue weighted by molar-refractivity contribution is 7.89. The summed E-state index contributed by atoms with van der Waals surface area (Å²) in [6, 6.07) is 1.69. The van der Waals surface area contributed by atoms with Gasteiger partial charge < -0.3 is 10.1 Å². The monoisotopic (exact) mass is 292 g/mol. The summed E-state index contributed by atoms with van der Waals surface area (Å²) in [6.45, 7) is 5.17. The van der Waals surface area contributed by atoms with E-state index in [1.165, 1.54) is 11.3 Å². The lowest BCUT2D eigenvalue weighted by atomic mass is 10.5. The summed E-state index contributed by atoms with van der Waals surface area (Å²) in [7, 11) is -1.57. The van der Waals surface area contributed by atoms with E-state index in [9.17, 15) is 8.42 Å². The molecule has 2 N–H and O–H groups in total. The molecule has 0 atom stereocenters. The van der Waals surface area contributed by atoms with Crippen molar-refractivity contribution in [2.45, 2.75) is 31.4 Å². The van der Waals surface area contributed by atoms with Crippen molar-refractivity contribution >= 4 is 21.4 Å². The van der Waals surface area contributed by atoms with Crippen LogP contribution in [0.5, 0.6) is 0 Å². The molecule has 1 aromatic heterocycles. The first-order valence-corrected chi connectivity index (χ1v) is 8.15. The fourth-order valence-corrected chi connectivity index (χ4v) is 3.62. The van der Waals surface area contributed by atoms with Crippen molar-refractivity contribution in [1.82, 2.24) is 10.0 Å². The molecule has 0 aliphatic carbocycles. The summed E-state index contributed by atoms with van der Waals surface area (Å²) in [5.41, 5.74) is 0. The van der Waals surface area contributed by atoms with Crippen LogP contribution in [0.2, 0.25) is 0 Å². The van der Waals surface area contributed by atoms with E-state index in [-0.39, 0.29) is 12.6 Å². The van der Waals surface area contributed by atoms with Crippen LogP contribution in [0.25, 0.3) is 0 Å². The number of sulfonamides is 1. The van der Waals surface area contributed by atoms with E-state index >= 15 is 0 Å². The molecule has 0 radical (unpaired) electrons. The molecule has 0 spiro atoms. The summed E-state index contributed by atoms with van der Waals surface area (Å²) in [5, 5.41) is 4.64. The third-order valence-corrected chi connectivity index (χ3v) is 4.66. The molecule has 0 fully saturated rings. The van der Waals surface area contributed by atoms with Gasteiger partial charge in [-0.2, -0.15) is 0 Å². The normalized spacial score (nSPS) is 12.2. The first-order chi connectivity index (χ1) is 8.45. The van der Waals surface area contributed by atoms with E-state index in [1.807, 2.05) is 20.9 Å². The molecule has 0 unspecified atom stereocenters. The predicted molar refractivity (Wildman–Crippen MR) is 73.4 cm³/mol. The van der Waals surface area contributed by atoms with Crippen LogP contribution in [0.3, 0.4) is 0 Å². The average molecular weight is 292 g/mol. The van der Waals surface area contributed by atoms with E-state index in [4.69, 9.17) is 4.74 Å². The van der Waals surface area contributed by atoms with E-state index in [2.05, 4.69) is 10.0 Å². The summed E-state index contributed by atoms with van der Waals surface area (Å²) in [5.74, 6) is 0. The van der Waals surface area contributed by atoms with Crippen molar-refractivity contribution in [3.05, 3.63) is 16.3 Å². The van der Waals surface area contributed by atoms with Crippen LogP contribution in [0.1, 0.15) is 18.7 Å². The number of hydrogen-bond donors (Lipinski definition) is 2. The SMILES string of the molecule is CNCc1cc(S(=O)(=O)NCCOC(C)C)cs1. The van der Waals surface area contributed by atoms with Gasteiger partial charge >= 0.3 is 0 Å². The molecule has 104 valence electrons. The molecular formula is C11H20N2O3S2. The van der Waals surface area contributed by atoms with Crippen LogP contribution < -0.4 is 10.0 Å². The quantitative estimate of drug-likeness (QED) is 0.706. The van der Waals surface area contributed by atoms with Gasteiger partial charge in [-0.25, -0.2) is 13.1 Å². The Bertz CT molecular complexity index is 455. The van der Waals surface area contributed by atoms with E-state index in [1.54, 1.807) is 11.4 Å². The minimum atomic E-state index is -3.40. The number of ether oxygens (including phenoxy) is 1. The maximum Gasteiger partial charge on any atom is 0.241 e. The fourth-order valence-electron chi connectivity index (χ4n) is 1.32. The largest absolute Gasteiger partial charge is 0.377 e. The molecule has 1 heterocycles. The van der Waals surface area contributed by atoms with Crippen LogP contribution in [0.4, 0.5) is 0 Å². The first kappa shape index (κ1) is 15.6. The molecule has 0 amide bonds. The minimum Gasteiger partial charge on any atom is -0.377 e. The Labute approximate surface area is 113 Å². The summed E-state index contributed by atoms with van der Waals surface area (Å²) in [4.78, 5) is 1.32. The lowest BCUT2D eigenvalue weighted by Gasteiger charge is -2.08. The van der Waals surface area contributed by atoms with Gasteiger partial charge in [-0.15, -0.1) is 11.3 Å². The Morgan fingerprint density at radius 2 is 2.17 bits per heavy atom. The molecule has 1 rings (SSSR count). The highest BCUT2D eigenvalue weighted by Gasteiger charge is 2.15. The average Bonchev–Trinajstić information content (AvgIpc) is 2.74. The maximum atomic E-state index is 11.9. The van der Waals surface area contributed by atoms with Gasteiger partial charge in [-0.1, -0.05) is 0 Å². The smallest absolute Gasteiger partial charge is 0.241 e. The van der Waals surface area contributed by atoms with Crippen molar-refractivity contribution in [3.8, 4) is 0 Å². The first-order valence-electron chi connectivity index (χ1n) is 5.79. The molecule has 1 aromatic rings. The van der Waals surface area contributed by atoms with Gasteiger partial charge in [-0.3, -0.25) is 0 Å². The summed E-state index contributed by atoms with van der Waals surface area (Å²) >= 11 is 1.43. The van der Waals surface area contributed by atoms with Gasteiger partial charge in [0.05, 0.1) is 17.6 Å². The highest BCUT2D eigenvalue weighted by atomic mass is 32.2. The minimum absolute atomic E-state index is 0.109. The molecule has 0 bridgehead atoms. The molecule has 7 heteroatoms. The Morgan fingerprint density at radius 3 is 2.78 bits per heavy atom. The van der Waals surface area contributed by atoms with Gasteiger partial charge in [0.15, 0.2) is 0 Å². The van der Waals surface area contributed by atoms with Crippen molar-refractivity contribution in [2.75, 3.05) is 20.2 Å². The van der Waals surface area contributed by atoms with Gasteiger partial charge in [0.25, 0.3) is 0 Å². The molecule has 0 saturated heterocycles. The zero-order valence-corrected chi connectivity index (χ0v) is 12.5. The van der Waals surface area contributed by atoms with Gasteiger partial charge in [0.2, 0.25) is 10.0 Å².